The molecule has 2 rings (SSSR count). The molecule has 3 heteroatoms. The van der Waals surface area contributed by atoms with Gasteiger partial charge in [-0.25, -0.2) is 0 Å². The fraction of sp³-hybridized carbons (Fsp3) is 0.750. The standard InChI is InChI=1S/C12H21N3/c1-3-15-11(7-10-14-15)12(2)8-5-4-6-9-13-12/h7,10,13H,3-6,8-9H2,1-2H3. The van der Waals surface area contributed by atoms with Crippen LogP contribution in [0.4, 0.5) is 0 Å². The molecule has 0 amide bonds. The van der Waals surface area contributed by atoms with Gasteiger partial charge in [0.15, 0.2) is 0 Å². The van der Waals surface area contributed by atoms with Gasteiger partial charge in [-0.15, -0.1) is 0 Å². The van der Waals surface area contributed by atoms with Crippen LogP contribution in [-0.4, -0.2) is 16.3 Å². The quantitative estimate of drug-likeness (QED) is 0.806. The highest BCUT2D eigenvalue weighted by molar-refractivity contribution is 5.14. The first kappa shape index (κ1) is 10.7. The second-order valence-electron chi connectivity index (χ2n) is 4.60. The van der Waals surface area contributed by atoms with Crippen LogP contribution in [0.1, 0.15) is 45.2 Å². The van der Waals surface area contributed by atoms with Gasteiger partial charge in [-0.1, -0.05) is 12.8 Å². The molecule has 0 radical (unpaired) electrons. The molecule has 1 saturated heterocycles. The van der Waals surface area contributed by atoms with Gasteiger partial charge in [0.2, 0.25) is 0 Å². The van der Waals surface area contributed by atoms with Crippen LogP contribution in [0.3, 0.4) is 0 Å². The minimum absolute atomic E-state index is 0.128. The van der Waals surface area contributed by atoms with Crippen molar-refractivity contribution >= 4 is 0 Å². The molecule has 0 saturated carbocycles. The summed E-state index contributed by atoms with van der Waals surface area (Å²) in [4.78, 5) is 0. The maximum atomic E-state index is 4.36. The summed E-state index contributed by atoms with van der Waals surface area (Å²) in [5, 5.41) is 8.04. The van der Waals surface area contributed by atoms with E-state index >= 15 is 0 Å². The maximum Gasteiger partial charge on any atom is 0.0582 e. The molecule has 3 nitrogen and oxygen atoms in total. The van der Waals surface area contributed by atoms with Gasteiger partial charge in [-0.05, 0) is 39.3 Å². The molecule has 1 aliphatic heterocycles. The summed E-state index contributed by atoms with van der Waals surface area (Å²) in [6.45, 7) is 6.54. The van der Waals surface area contributed by atoms with Gasteiger partial charge in [0.1, 0.15) is 0 Å². The van der Waals surface area contributed by atoms with Crippen LogP contribution in [0.25, 0.3) is 0 Å². The van der Waals surface area contributed by atoms with Crippen LogP contribution in [0.5, 0.6) is 0 Å². The third kappa shape index (κ3) is 2.07. The molecule has 0 bridgehead atoms. The highest BCUT2D eigenvalue weighted by atomic mass is 15.3. The van der Waals surface area contributed by atoms with E-state index in [9.17, 15) is 0 Å². The molecular formula is C12H21N3. The Morgan fingerprint density at radius 2 is 2.33 bits per heavy atom. The molecule has 0 aromatic carbocycles. The van der Waals surface area contributed by atoms with Crippen molar-refractivity contribution in [3.8, 4) is 0 Å². The van der Waals surface area contributed by atoms with Crippen molar-refractivity contribution < 1.29 is 0 Å². The van der Waals surface area contributed by atoms with Crippen LogP contribution < -0.4 is 5.32 Å². The molecule has 15 heavy (non-hydrogen) atoms. The number of rotatable bonds is 2. The van der Waals surface area contributed by atoms with Crippen LogP contribution in [0, 0.1) is 0 Å². The first-order valence-corrected chi connectivity index (χ1v) is 6.03. The molecule has 1 N–H and O–H groups in total. The van der Waals surface area contributed by atoms with Gasteiger partial charge in [0.05, 0.1) is 11.2 Å². The summed E-state index contributed by atoms with van der Waals surface area (Å²) in [7, 11) is 0. The van der Waals surface area contributed by atoms with E-state index < -0.39 is 0 Å². The average molecular weight is 207 g/mol. The highest BCUT2D eigenvalue weighted by Gasteiger charge is 2.29. The topological polar surface area (TPSA) is 29.9 Å². The molecule has 1 fully saturated rings. The zero-order valence-electron chi connectivity index (χ0n) is 9.79. The largest absolute Gasteiger partial charge is 0.306 e. The van der Waals surface area contributed by atoms with Crippen LogP contribution in [0.2, 0.25) is 0 Å². The lowest BCUT2D eigenvalue weighted by Crippen LogP contribution is -2.40. The first-order valence-electron chi connectivity index (χ1n) is 6.03. The molecule has 1 aliphatic rings. The highest BCUT2D eigenvalue weighted by Crippen LogP contribution is 2.28. The summed E-state index contributed by atoms with van der Waals surface area (Å²) >= 11 is 0. The lowest BCUT2D eigenvalue weighted by molar-refractivity contribution is 0.330. The number of aromatic nitrogens is 2. The van der Waals surface area contributed by atoms with Crippen molar-refractivity contribution in [2.75, 3.05) is 6.54 Å². The predicted molar refractivity (Wildman–Crippen MR) is 61.7 cm³/mol. The Morgan fingerprint density at radius 3 is 3.13 bits per heavy atom. The van der Waals surface area contributed by atoms with Crippen molar-refractivity contribution in [1.82, 2.24) is 15.1 Å². The summed E-state index contributed by atoms with van der Waals surface area (Å²) in [6, 6.07) is 2.15. The molecule has 2 heterocycles. The van der Waals surface area contributed by atoms with E-state index in [-0.39, 0.29) is 5.54 Å². The summed E-state index contributed by atoms with van der Waals surface area (Å²) in [5.41, 5.74) is 1.47. The normalized spacial score (nSPS) is 27.6. The Morgan fingerprint density at radius 1 is 1.47 bits per heavy atom. The number of nitrogens with zero attached hydrogens (tertiary/aromatic N) is 2. The first-order chi connectivity index (χ1) is 7.26. The van der Waals surface area contributed by atoms with Gasteiger partial charge in [0, 0.05) is 12.7 Å². The molecule has 1 atom stereocenters. The number of nitrogens with one attached hydrogen (secondary N) is 1. The molecule has 0 spiro atoms. The molecule has 0 aliphatic carbocycles. The van der Waals surface area contributed by atoms with E-state index in [4.69, 9.17) is 0 Å². The monoisotopic (exact) mass is 207 g/mol. The fourth-order valence-corrected chi connectivity index (χ4v) is 2.51. The maximum absolute atomic E-state index is 4.36. The second kappa shape index (κ2) is 4.35. The van der Waals surface area contributed by atoms with Gasteiger partial charge in [-0.3, -0.25) is 4.68 Å². The SMILES string of the molecule is CCn1nccc1C1(C)CCCCCN1. The van der Waals surface area contributed by atoms with Gasteiger partial charge in [0.25, 0.3) is 0 Å². The molecule has 1 aromatic rings. The molecular weight excluding hydrogens is 186 g/mol. The molecule has 1 unspecified atom stereocenters. The third-order valence-electron chi connectivity index (χ3n) is 3.45. The Hall–Kier alpha value is -0.830. The van der Waals surface area contributed by atoms with E-state index in [0.29, 0.717) is 0 Å². The van der Waals surface area contributed by atoms with Crippen LogP contribution in [0.15, 0.2) is 12.3 Å². The van der Waals surface area contributed by atoms with E-state index in [1.54, 1.807) is 0 Å². The number of hydrogen-bond acceptors (Lipinski definition) is 2. The smallest absolute Gasteiger partial charge is 0.0582 e. The van der Waals surface area contributed by atoms with Crippen molar-refractivity contribution in [3.05, 3.63) is 18.0 Å². The van der Waals surface area contributed by atoms with Crippen LogP contribution >= 0.6 is 0 Å². The number of hydrogen-bond donors (Lipinski definition) is 1. The summed E-state index contributed by atoms with van der Waals surface area (Å²) < 4.78 is 2.11. The van der Waals surface area contributed by atoms with E-state index in [1.165, 1.54) is 31.4 Å². The Bertz CT molecular complexity index is 308. The molecule has 84 valence electrons. The van der Waals surface area contributed by atoms with Crippen molar-refractivity contribution in [1.29, 1.82) is 0 Å². The second-order valence-corrected chi connectivity index (χ2v) is 4.60. The van der Waals surface area contributed by atoms with Gasteiger partial charge >= 0.3 is 0 Å². The summed E-state index contributed by atoms with van der Waals surface area (Å²) in [5.74, 6) is 0. The minimum Gasteiger partial charge on any atom is -0.306 e. The van der Waals surface area contributed by atoms with Crippen LogP contribution in [-0.2, 0) is 12.1 Å². The number of aryl methyl sites for hydroxylation is 1. The zero-order chi connectivity index (χ0) is 10.7. The Labute approximate surface area is 91.9 Å². The Balaban J connectivity index is 2.26. The molecule has 1 aromatic heterocycles. The van der Waals surface area contributed by atoms with Crippen molar-refractivity contribution in [3.63, 3.8) is 0 Å². The van der Waals surface area contributed by atoms with Gasteiger partial charge < -0.3 is 5.32 Å². The summed E-state index contributed by atoms with van der Waals surface area (Å²) in [6.07, 6.45) is 7.10. The van der Waals surface area contributed by atoms with Gasteiger partial charge in [-0.2, -0.15) is 5.10 Å². The van der Waals surface area contributed by atoms with Crippen molar-refractivity contribution in [2.45, 2.75) is 51.6 Å². The average Bonchev–Trinajstić information content (AvgIpc) is 2.62. The van der Waals surface area contributed by atoms with E-state index in [2.05, 4.69) is 35.0 Å². The lowest BCUT2D eigenvalue weighted by atomic mass is 9.92. The zero-order valence-corrected chi connectivity index (χ0v) is 9.79. The Kier molecular flexibility index (Phi) is 3.10. The van der Waals surface area contributed by atoms with Crippen molar-refractivity contribution in [2.24, 2.45) is 0 Å². The predicted octanol–water partition coefficient (Wildman–Crippen LogP) is 2.28. The van der Waals surface area contributed by atoms with E-state index in [1.807, 2.05) is 6.20 Å². The lowest BCUT2D eigenvalue weighted by Gasteiger charge is -2.30. The minimum atomic E-state index is 0.128. The third-order valence-corrected chi connectivity index (χ3v) is 3.45. The fourth-order valence-electron chi connectivity index (χ4n) is 2.51. The van der Waals surface area contributed by atoms with E-state index in [0.717, 1.165) is 13.1 Å².